The minimum Gasteiger partial charge on any atom is -0.312 e. The minimum absolute atomic E-state index is 0.745. The summed E-state index contributed by atoms with van der Waals surface area (Å²) in [5.74, 6) is 0.914. The average Bonchev–Trinajstić information content (AvgIpc) is 2.83. The van der Waals surface area contributed by atoms with E-state index >= 15 is 0 Å². The van der Waals surface area contributed by atoms with Gasteiger partial charge in [0.05, 0.1) is 0 Å². The molecule has 0 spiro atoms. The highest BCUT2D eigenvalue weighted by atomic mass is 15.3. The van der Waals surface area contributed by atoms with E-state index in [0.717, 1.165) is 24.0 Å². The molecule has 0 radical (unpaired) electrons. The largest absolute Gasteiger partial charge is 0.312 e. The second kappa shape index (κ2) is 7.43. The Balaban J connectivity index is 1.65. The molecule has 4 unspecified atom stereocenters. The molecule has 3 heteroatoms. The van der Waals surface area contributed by atoms with Crippen molar-refractivity contribution in [2.75, 3.05) is 32.7 Å². The summed E-state index contributed by atoms with van der Waals surface area (Å²) >= 11 is 0. The zero-order valence-corrected chi connectivity index (χ0v) is 14.2. The quantitative estimate of drug-likeness (QED) is 0.860. The first-order valence-corrected chi connectivity index (χ1v) is 9.49. The Morgan fingerprint density at radius 2 is 1.81 bits per heavy atom. The summed E-state index contributed by atoms with van der Waals surface area (Å²) in [6.45, 7) is 11.3. The average molecular weight is 293 g/mol. The van der Waals surface area contributed by atoms with E-state index in [2.05, 4.69) is 29.0 Å². The lowest BCUT2D eigenvalue weighted by atomic mass is 9.82. The van der Waals surface area contributed by atoms with Crippen molar-refractivity contribution in [3.05, 3.63) is 0 Å². The molecule has 2 saturated heterocycles. The van der Waals surface area contributed by atoms with Gasteiger partial charge in [-0.3, -0.25) is 9.80 Å². The van der Waals surface area contributed by atoms with Crippen LogP contribution in [0.2, 0.25) is 0 Å². The van der Waals surface area contributed by atoms with E-state index in [1.54, 1.807) is 0 Å². The van der Waals surface area contributed by atoms with Gasteiger partial charge in [0.25, 0.3) is 0 Å². The highest BCUT2D eigenvalue weighted by molar-refractivity contribution is 4.94. The van der Waals surface area contributed by atoms with Crippen molar-refractivity contribution < 1.29 is 0 Å². The Kier molecular flexibility index (Phi) is 5.58. The van der Waals surface area contributed by atoms with E-state index in [9.17, 15) is 0 Å². The third-order valence-electron chi connectivity index (χ3n) is 6.04. The Hall–Kier alpha value is -0.120. The number of hydrogen-bond donors (Lipinski definition) is 1. The first-order valence-electron chi connectivity index (χ1n) is 9.49. The topological polar surface area (TPSA) is 18.5 Å². The highest BCUT2D eigenvalue weighted by Crippen LogP contribution is 2.31. The van der Waals surface area contributed by atoms with E-state index in [-0.39, 0.29) is 0 Å². The molecule has 3 nitrogen and oxygen atoms in total. The molecular weight excluding hydrogens is 258 g/mol. The second-order valence-corrected chi connectivity index (χ2v) is 7.73. The summed E-state index contributed by atoms with van der Waals surface area (Å²) in [7, 11) is 0. The van der Waals surface area contributed by atoms with Crippen LogP contribution in [0.3, 0.4) is 0 Å². The molecule has 0 bridgehead atoms. The summed E-state index contributed by atoms with van der Waals surface area (Å²) in [4.78, 5) is 5.64. The van der Waals surface area contributed by atoms with Crippen molar-refractivity contribution in [2.45, 2.75) is 76.9 Å². The molecule has 2 aliphatic heterocycles. The summed E-state index contributed by atoms with van der Waals surface area (Å²) in [6.07, 6.45) is 9.71. The highest BCUT2D eigenvalue weighted by Gasteiger charge is 2.36. The Labute approximate surface area is 131 Å². The fourth-order valence-corrected chi connectivity index (χ4v) is 4.86. The number of fused-ring (bicyclic) bond motifs is 1. The normalized spacial score (nSPS) is 39.1. The smallest absolute Gasteiger partial charge is 0.0252 e. The van der Waals surface area contributed by atoms with Crippen LogP contribution < -0.4 is 5.32 Å². The standard InChI is InChI=1S/C18H35N3/c1-3-9-19-17-8-7-15(2)13-18(17)21-12-5-11-20-10-4-6-16(20)14-21/h15-19H,3-14H2,1-2H3. The van der Waals surface area contributed by atoms with Gasteiger partial charge in [0.2, 0.25) is 0 Å². The van der Waals surface area contributed by atoms with Gasteiger partial charge in [-0.25, -0.2) is 0 Å². The lowest BCUT2D eigenvalue weighted by molar-refractivity contribution is 0.0932. The third kappa shape index (κ3) is 3.80. The van der Waals surface area contributed by atoms with Gasteiger partial charge in [0.15, 0.2) is 0 Å². The molecule has 1 saturated carbocycles. The van der Waals surface area contributed by atoms with Gasteiger partial charge in [0.1, 0.15) is 0 Å². The molecule has 0 aromatic carbocycles. The molecular formula is C18H35N3. The first kappa shape index (κ1) is 15.8. The van der Waals surface area contributed by atoms with Crippen LogP contribution in [-0.4, -0.2) is 60.6 Å². The van der Waals surface area contributed by atoms with E-state index < -0.39 is 0 Å². The summed E-state index contributed by atoms with van der Waals surface area (Å²) < 4.78 is 0. The second-order valence-electron chi connectivity index (χ2n) is 7.73. The van der Waals surface area contributed by atoms with Crippen molar-refractivity contribution in [3.8, 4) is 0 Å². The van der Waals surface area contributed by atoms with E-state index in [1.807, 2.05) is 0 Å². The molecule has 3 rings (SSSR count). The molecule has 0 aromatic rings. The molecule has 0 amide bonds. The maximum atomic E-state index is 3.86. The van der Waals surface area contributed by atoms with Gasteiger partial charge in [0, 0.05) is 24.7 Å². The van der Waals surface area contributed by atoms with Crippen molar-refractivity contribution in [1.82, 2.24) is 15.1 Å². The number of nitrogens with zero attached hydrogens (tertiary/aromatic N) is 2. The van der Waals surface area contributed by atoms with Crippen LogP contribution in [0.1, 0.15) is 58.8 Å². The van der Waals surface area contributed by atoms with Crippen LogP contribution in [-0.2, 0) is 0 Å². The third-order valence-corrected chi connectivity index (χ3v) is 6.04. The molecule has 1 aliphatic carbocycles. The molecule has 2 heterocycles. The minimum atomic E-state index is 0.745. The van der Waals surface area contributed by atoms with E-state index in [4.69, 9.17) is 0 Å². The van der Waals surface area contributed by atoms with Crippen LogP contribution >= 0.6 is 0 Å². The van der Waals surface area contributed by atoms with Crippen molar-refractivity contribution in [3.63, 3.8) is 0 Å². The fraction of sp³-hybridized carbons (Fsp3) is 1.00. The fourth-order valence-electron chi connectivity index (χ4n) is 4.86. The van der Waals surface area contributed by atoms with Crippen molar-refractivity contribution >= 4 is 0 Å². The Morgan fingerprint density at radius 3 is 2.67 bits per heavy atom. The molecule has 1 N–H and O–H groups in total. The van der Waals surface area contributed by atoms with Gasteiger partial charge in [-0.2, -0.15) is 0 Å². The van der Waals surface area contributed by atoms with Gasteiger partial charge in [-0.05, 0) is 77.0 Å². The van der Waals surface area contributed by atoms with Gasteiger partial charge >= 0.3 is 0 Å². The van der Waals surface area contributed by atoms with Crippen LogP contribution in [0.25, 0.3) is 0 Å². The monoisotopic (exact) mass is 293 g/mol. The van der Waals surface area contributed by atoms with Crippen LogP contribution in [0.15, 0.2) is 0 Å². The van der Waals surface area contributed by atoms with Gasteiger partial charge in [-0.1, -0.05) is 13.8 Å². The lowest BCUT2D eigenvalue weighted by Crippen LogP contribution is -2.54. The predicted octanol–water partition coefficient (Wildman–Crippen LogP) is 2.71. The van der Waals surface area contributed by atoms with Crippen LogP contribution in [0, 0.1) is 5.92 Å². The molecule has 0 aromatic heterocycles. The van der Waals surface area contributed by atoms with Crippen molar-refractivity contribution in [2.24, 2.45) is 5.92 Å². The summed E-state index contributed by atoms with van der Waals surface area (Å²) in [6, 6.07) is 2.39. The summed E-state index contributed by atoms with van der Waals surface area (Å²) in [5.41, 5.74) is 0. The lowest BCUT2D eigenvalue weighted by Gasteiger charge is -2.43. The number of hydrogen-bond acceptors (Lipinski definition) is 3. The Bertz CT molecular complexity index is 318. The predicted molar refractivity (Wildman–Crippen MR) is 89.7 cm³/mol. The van der Waals surface area contributed by atoms with Crippen LogP contribution in [0.5, 0.6) is 0 Å². The maximum absolute atomic E-state index is 3.86. The SMILES string of the molecule is CCCNC1CCC(C)CC1N1CCCN2CCCC2C1. The van der Waals surface area contributed by atoms with Gasteiger partial charge in [-0.15, -0.1) is 0 Å². The molecule has 21 heavy (non-hydrogen) atoms. The van der Waals surface area contributed by atoms with E-state index in [0.29, 0.717) is 0 Å². The first-order chi connectivity index (χ1) is 10.3. The maximum Gasteiger partial charge on any atom is 0.0252 e. The molecule has 3 fully saturated rings. The zero-order valence-electron chi connectivity index (χ0n) is 14.2. The number of nitrogens with one attached hydrogen (secondary N) is 1. The summed E-state index contributed by atoms with van der Waals surface area (Å²) in [5, 5.41) is 3.86. The van der Waals surface area contributed by atoms with Crippen LogP contribution in [0.4, 0.5) is 0 Å². The Morgan fingerprint density at radius 1 is 1.00 bits per heavy atom. The molecule has 122 valence electrons. The van der Waals surface area contributed by atoms with Crippen molar-refractivity contribution in [1.29, 1.82) is 0 Å². The number of rotatable bonds is 4. The van der Waals surface area contributed by atoms with E-state index in [1.165, 1.54) is 77.7 Å². The molecule has 4 atom stereocenters. The zero-order chi connectivity index (χ0) is 14.7. The molecule has 3 aliphatic rings. The van der Waals surface area contributed by atoms with Gasteiger partial charge < -0.3 is 5.32 Å².